The molecule has 2 amide bonds. The topological polar surface area (TPSA) is 85.7 Å². The van der Waals surface area contributed by atoms with Crippen molar-refractivity contribution in [3.8, 4) is 22.8 Å². The Morgan fingerprint density at radius 1 is 0.972 bits per heavy atom. The molecule has 1 atom stereocenters. The van der Waals surface area contributed by atoms with Gasteiger partial charge in [-0.2, -0.15) is 5.10 Å². The van der Waals surface area contributed by atoms with Gasteiger partial charge in [-0.05, 0) is 56.9 Å². The highest BCUT2D eigenvalue weighted by Crippen LogP contribution is 2.37. The molecule has 8 heteroatoms. The van der Waals surface area contributed by atoms with Gasteiger partial charge in [-0.15, -0.1) is 0 Å². The van der Waals surface area contributed by atoms with Crippen LogP contribution in [0.5, 0.6) is 11.5 Å². The van der Waals surface area contributed by atoms with Crippen LogP contribution in [0.15, 0.2) is 24.3 Å². The Morgan fingerprint density at radius 3 is 2.31 bits per heavy atom. The molecule has 194 valence electrons. The zero-order valence-corrected chi connectivity index (χ0v) is 21.7. The summed E-state index contributed by atoms with van der Waals surface area (Å²) in [5.41, 5.74) is 1.07. The van der Waals surface area contributed by atoms with Gasteiger partial charge in [-0.1, -0.05) is 38.5 Å². The van der Waals surface area contributed by atoms with E-state index in [0.29, 0.717) is 29.4 Å². The average Bonchev–Trinajstić information content (AvgIpc) is 3.33. The number of carbonyl (C=O) groups is 2. The number of benzene rings is 1. The van der Waals surface area contributed by atoms with Crippen LogP contribution in [0, 0.1) is 0 Å². The van der Waals surface area contributed by atoms with Crippen molar-refractivity contribution in [3.63, 3.8) is 0 Å². The molecule has 0 spiro atoms. The lowest BCUT2D eigenvalue weighted by Crippen LogP contribution is -2.67. The van der Waals surface area contributed by atoms with Crippen molar-refractivity contribution >= 4 is 11.8 Å². The minimum atomic E-state index is -0.982. The molecular formula is C28H38N4O4. The Morgan fingerprint density at radius 2 is 1.64 bits per heavy atom. The molecule has 1 aromatic heterocycles. The summed E-state index contributed by atoms with van der Waals surface area (Å²) in [4.78, 5) is 29.8. The van der Waals surface area contributed by atoms with Gasteiger partial charge in [0.25, 0.3) is 5.91 Å². The summed E-state index contributed by atoms with van der Waals surface area (Å²) in [7, 11) is 3.20. The van der Waals surface area contributed by atoms with E-state index >= 15 is 0 Å². The van der Waals surface area contributed by atoms with Gasteiger partial charge in [-0.25, -0.2) is 0 Å². The lowest BCUT2D eigenvalue weighted by molar-refractivity contribution is -0.136. The number of methoxy groups -OCH3 is 2. The third-order valence-corrected chi connectivity index (χ3v) is 8.26. The number of carbonyl (C=O) groups excluding carboxylic acids is 2. The fourth-order valence-electron chi connectivity index (χ4n) is 6.24. The normalized spacial score (nSPS) is 23.3. The first-order valence-electron chi connectivity index (χ1n) is 13.4. The Hall–Kier alpha value is -3.03. The molecule has 1 aliphatic heterocycles. The third-order valence-electron chi connectivity index (χ3n) is 8.26. The zero-order valence-electron chi connectivity index (χ0n) is 21.7. The Kier molecular flexibility index (Phi) is 6.95. The van der Waals surface area contributed by atoms with Crippen LogP contribution in [0.3, 0.4) is 0 Å². The van der Waals surface area contributed by atoms with Crippen LogP contribution in [0.1, 0.15) is 81.6 Å². The Balaban J connectivity index is 1.50. The smallest absolute Gasteiger partial charge is 0.273 e. The average molecular weight is 495 g/mol. The van der Waals surface area contributed by atoms with Gasteiger partial charge in [0, 0.05) is 17.6 Å². The standard InChI is InChI=1S/C28H38N4O4/c1-28(27(34)29-20-10-6-4-7-11-20)18-31-23(26(33)32(28)21-12-8-5-9-13-21)17-22(30-31)19-14-15-24(35-2)25(16-19)36-3/h14-17,20-21H,4-13,18H2,1-3H3,(H,29,34)/t28-/m0/s1. The van der Waals surface area contributed by atoms with Gasteiger partial charge in [0.05, 0.1) is 26.5 Å². The Labute approximate surface area is 213 Å². The quantitative estimate of drug-likeness (QED) is 0.636. The molecule has 2 heterocycles. The highest BCUT2D eigenvalue weighted by Gasteiger charge is 2.51. The van der Waals surface area contributed by atoms with Gasteiger partial charge >= 0.3 is 0 Å². The van der Waals surface area contributed by atoms with Crippen LogP contribution in [0.4, 0.5) is 0 Å². The molecule has 1 aromatic carbocycles. The molecule has 2 saturated carbocycles. The van der Waals surface area contributed by atoms with E-state index in [-0.39, 0.29) is 23.9 Å². The summed E-state index contributed by atoms with van der Waals surface area (Å²) < 4.78 is 12.6. The van der Waals surface area contributed by atoms with Crippen LogP contribution in [-0.4, -0.2) is 58.3 Å². The van der Waals surface area contributed by atoms with Crippen molar-refractivity contribution in [1.29, 1.82) is 0 Å². The van der Waals surface area contributed by atoms with Crippen molar-refractivity contribution in [1.82, 2.24) is 20.0 Å². The maximum Gasteiger partial charge on any atom is 0.273 e. The summed E-state index contributed by atoms with van der Waals surface area (Å²) >= 11 is 0. The number of hydrogen-bond donors (Lipinski definition) is 1. The second-order valence-electron chi connectivity index (χ2n) is 10.7. The lowest BCUT2D eigenvalue weighted by atomic mass is 9.86. The fourth-order valence-corrected chi connectivity index (χ4v) is 6.24. The number of hydrogen-bond acceptors (Lipinski definition) is 5. The van der Waals surface area contributed by atoms with E-state index in [9.17, 15) is 9.59 Å². The van der Waals surface area contributed by atoms with Crippen LogP contribution < -0.4 is 14.8 Å². The summed E-state index contributed by atoms with van der Waals surface area (Å²) in [6.07, 6.45) is 10.8. The second kappa shape index (κ2) is 10.1. The van der Waals surface area contributed by atoms with Gasteiger partial charge in [0.2, 0.25) is 5.91 Å². The summed E-state index contributed by atoms with van der Waals surface area (Å²) in [6, 6.07) is 7.72. The van der Waals surface area contributed by atoms with E-state index in [1.807, 2.05) is 36.1 Å². The molecule has 3 aliphatic rings. The molecule has 0 saturated heterocycles. The molecule has 8 nitrogen and oxygen atoms in total. The molecule has 2 fully saturated rings. The monoisotopic (exact) mass is 494 g/mol. The maximum atomic E-state index is 14.0. The SMILES string of the molecule is COc1ccc(-c2cc3n(n2)C[C@@](C)(C(=O)NC2CCCCC2)N(C2CCCCC2)C3=O)cc1OC. The Bertz CT molecular complexity index is 1120. The number of nitrogens with zero attached hydrogens (tertiary/aromatic N) is 3. The van der Waals surface area contributed by atoms with Crippen LogP contribution >= 0.6 is 0 Å². The van der Waals surface area contributed by atoms with E-state index in [4.69, 9.17) is 14.6 Å². The van der Waals surface area contributed by atoms with Crippen LogP contribution in [0.25, 0.3) is 11.3 Å². The first kappa shape index (κ1) is 24.7. The van der Waals surface area contributed by atoms with Crippen molar-refractivity contribution in [3.05, 3.63) is 30.0 Å². The van der Waals surface area contributed by atoms with E-state index < -0.39 is 5.54 Å². The number of fused-ring (bicyclic) bond motifs is 1. The summed E-state index contributed by atoms with van der Waals surface area (Å²) in [5.74, 6) is 1.08. The van der Waals surface area contributed by atoms with Gasteiger partial charge in [-0.3, -0.25) is 14.3 Å². The molecular weight excluding hydrogens is 456 g/mol. The lowest BCUT2D eigenvalue weighted by Gasteiger charge is -2.48. The first-order valence-corrected chi connectivity index (χ1v) is 13.4. The number of ether oxygens (including phenoxy) is 2. The van der Waals surface area contributed by atoms with Crippen molar-refractivity contribution in [2.75, 3.05) is 14.2 Å². The highest BCUT2D eigenvalue weighted by molar-refractivity contribution is 6.00. The first-order chi connectivity index (χ1) is 17.4. The summed E-state index contributed by atoms with van der Waals surface area (Å²) in [5, 5.41) is 8.11. The second-order valence-corrected chi connectivity index (χ2v) is 10.7. The largest absolute Gasteiger partial charge is 0.493 e. The molecule has 5 rings (SSSR count). The molecule has 36 heavy (non-hydrogen) atoms. The van der Waals surface area contributed by atoms with E-state index in [1.165, 1.54) is 12.8 Å². The number of aromatic nitrogens is 2. The van der Waals surface area contributed by atoms with Gasteiger partial charge < -0.3 is 19.7 Å². The van der Waals surface area contributed by atoms with Crippen molar-refractivity contribution in [2.45, 2.75) is 95.3 Å². The van der Waals surface area contributed by atoms with Gasteiger partial charge in [0.15, 0.2) is 11.5 Å². The van der Waals surface area contributed by atoms with Crippen molar-refractivity contribution < 1.29 is 19.1 Å². The van der Waals surface area contributed by atoms with Crippen molar-refractivity contribution in [2.24, 2.45) is 0 Å². The highest BCUT2D eigenvalue weighted by atomic mass is 16.5. The molecule has 0 radical (unpaired) electrons. The number of amides is 2. The molecule has 2 aliphatic carbocycles. The molecule has 2 aromatic rings. The minimum Gasteiger partial charge on any atom is -0.493 e. The fraction of sp³-hybridized carbons (Fsp3) is 0.607. The third kappa shape index (κ3) is 4.46. The molecule has 0 unspecified atom stereocenters. The maximum absolute atomic E-state index is 14.0. The van der Waals surface area contributed by atoms with E-state index in [1.54, 1.807) is 18.9 Å². The van der Waals surface area contributed by atoms with Crippen LogP contribution in [-0.2, 0) is 11.3 Å². The molecule has 1 N–H and O–H groups in total. The summed E-state index contributed by atoms with van der Waals surface area (Å²) in [6.45, 7) is 2.27. The predicted molar refractivity (Wildman–Crippen MR) is 137 cm³/mol. The molecule has 0 bridgehead atoms. The van der Waals surface area contributed by atoms with E-state index in [0.717, 1.165) is 56.9 Å². The number of rotatable bonds is 6. The zero-order chi connectivity index (χ0) is 25.3. The minimum absolute atomic E-state index is 0.0536. The predicted octanol–water partition coefficient (Wildman–Crippen LogP) is 4.56. The van der Waals surface area contributed by atoms with E-state index in [2.05, 4.69) is 5.32 Å². The number of nitrogens with one attached hydrogen (secondary N) is 1. The van der Waals surface area contributed by atoms with Gasteiger partial charge in [0.1, 0.15) is 11.2 Å². The van der Waals surface area contributed by atoms with Crippen LogP contribution in [0.2, 0.25) is 0 Å².